The van der Waals surface area contributed by atoms with E-state index < -0.39 is 0 Å². The molecule has 1 heterocycles. The molecule has 1 aliphatic heterocycles. The minimum Gasteiger partial charge on any atom is -0.454 e. The van der Waals surface area contributed by atoms with Gasteiger partial charge in [-0.25, -0.2) is 5.43 Å². The van der Waals surface area contributed by atoms with E-state index in [0.717, 1.165) is 15.6 Å². The number of amides is 1. The highest BCUT2D eigenvalue weighted by molar-refractivity contribution is 9.10. The van der Waals surface area contributed by atoms with Crippen LogP contribution >= 0.6 is 15.9 Å². The summed E-state index contributed by atoms with van der Waals surface area (Å²) in [5, 5.41) is 4.39. The van der Waals surface area contributed by atoms with Gasteiger partial charge in [-0.05, 0) is 30.3 Å². The van der Waals surface area contributed by atoms with Crippen molar-refractivity contribution in [3.05, 3.63) is 94.0 Å². The Morgan fingerprint density at radius 3 is 2.30 bits per heavy atom. The summed E-state index contributed by atoms with van der Waals surface area (Å²) in [7, 11) is 0. The van der Waals surface area contributed by atoms with Crippen molar-refractivity contribution in [3.63, 3.8) is 0 Å². The van der Waals surface area contributed by atoms with E-state index in [0.29, 0.717) is 22.8 Å². The third-order valence-electron chi connectivity index (χ3n) is 4.07. The number of hydrazone groups is 1. The van der Waals surface area contributed by atoms with E-state index in [9.17, 15) is 4.79 Å². The van der Waals surface area contributed by atoms with Crippen molar-refractivity contribution in [2.45, 2.75) is 0 Å². The Balaban J connectivity index is 1.63. The van der Waals surface area contributed by atoms with Crippen molar-refractivity contribution in [2.24, 2.45) is 5.10 Å². The standard InChI is InChI=1S/C21H15BrN2O3/c22-17-9-6-15(7-10-17)20(14-4-2-1-3-5-14)23-24-21(25)16-8-11-18-19(12-16)27-13-26-18/h1-12H,13H2,(H,24,25)/b23-20+. The molecule has 0 unspecified atom stereocenters. The molecule has 0 saturated carbocycles. The summed E-state index contributed by atoms with van der Waals surface area (Å²) in [5.74, 6) is 0.872. The Kier molecular flexibility index (Phi) is 4.89. The van der Waals surface area contributed by atoms with Gasteiger partial charge in [-0.3, -0.25) is 4.79 Å². The second-order valence-corrected chi connectivity index (χ2v) is 6.76. The van der Waals surface area contributed by atoms with Crippen molar-refractivity contribution in [1.82, 2.24) is 5.43 Å². The molecule has 1 N–H and O–H groups in total. The first-order chi connectivity index (χ1) is 13.2. The zero-order valence-corrected chi connectivity index (χ0v) is 15.8. The zero-order chi connectivity index (χ0) is 18.6. The molecule has 1 amide bonds. The maximum absolute atomic E-state index is 12.5. The first-order valence-electron chi connectivity index (χ1n) is 8.30. The van der Waals surface area contributed by atoms with Gasteiger partial charge in [0.05, 0.1) is 5.71 Å². The summed E-state index contributed by atoms with van der Waals surface area (Å²) in [6.07, 6.45) is 0. The van der Waals surface area contributed by atoms with Crippen molar-refractivity contribution >= 4 is 27.5 Å². The van der Waals surface area contributed by atoms with Crippen LogP contribution in [-0.4, -0.2) is 18.4 Å². The average molecular weight is 423 g/mol. The lowest BCUT2D eigenvalue weighted by molar-refractivity contribution is 0.0954. The molecule has 4 rings (SSSR count). The predicted molar refractivity (Wildman–Crippen MR) is 106 cm³/mol. The lowest BCUT2D eigenvalue weighted by Gasteiger charge is -2.08. The molecular formula is C21H15BrN2O3. The van der Waals surface area contributed by atoms with E-state index in [2.05, 4.69) is 26.5 Å². The lowest BCUT2D eigenvalue weighted by Crippen LogP contribution is -2.20. The SMILES string of the molecule is O=C(N/N=C(\c1ccccc1)c1ccc(Br)cc1)c1ccc2c(c1)OCO2. The van der Waals surface area contributed by atoms with Gasteiger partial charge in [-0.2, -0.15) is 5.10 Å². The van der Waals surface area contributed by atoms with E-state index in [1.165, 1.54) is 0 Å². The first-order valence-corrected chi connectivity index (χ1v) is 9.09. The van der Waals surface area contributed by atoms with Crippen LogP contribution in [-0.2, 0) is 0 Å². The van der Waals surface area contributed by atoms with Crippen molar-refractivity contribution in [2.75, 3.05) is 6.79 Å². The molecule has 134 valence electrons. The Labute approximate surface area is 164 Å². The topological polar surface area (TPSA) is 59.9 Å². The van der Waals surface area contributed by atoms with Gasteiger partial charge in [0, 0.05) is 21.2 Å². The van der Waals surface area contributed by atoms with Crippen molar-refractivity contribution in [3.8, 4) is 11.5 Å². The Bertz CT molecular complexity index is 1000. The van der Waals surface area contributed by atoms with Gasteiger partial charge >= 0.3 is 0 Å². The second-order valence-electron chi connectivity index (χ2n) is 5.84. The number of nitrogens with one attached hydrogen (secondary N) is 1. The van der Waals surface area contributed by atoms with Crippen LogP contribution in [0.3, 0.4) is 0 Å². The molecule has 0 atom stereocenters. The van der Waals surface area contributed by atoms with E-state index in [1.54, 1.807) is 18.2 Å². The summed E-state index contributed by atoms with van der Waals surface area (Å²) in [6.45, 7) is 0.167. The van der Waals surface area contributed by atoms with Gasteiger partial charge in [0.15, 0.2) is 11.5 Å². The van der Waals surface area contributed by atoms with Gasteiger partial charge in [-0.15, -0.1) is 0 Å². The monoisotopic (exact) mass is 422 g/mol. The smallest absolute Gasteiger partial charge is 0.271 e. The highest BCUT2D eigenvalue weighted by atomic mass is 79.9. The number of fused-ring (bicyclic) bond motifs is 1. The zero-order valence-electron chi connectivity index (χ0n) is 14.2. The highest BCUT2D eigenvalue weighted by Crippen LogP contribution is 2.32. The minimum atomic E-state index is -0.321. The van der Waals surface area contributed by atoms with Crippen LogP contribution in [0.4, 0.5) is 0 Å². The lowest BCUT2D eigenvalue weighted by atomic mass is 10.0. The van der Waals surface area contributed by atoms with Crippen LogP contribution in [0.15, 0.2) is 82.4 Å². The van der Waals surface area contributed by atoms with Crippen LogP contribution < -0.4 is 14.9 Å². The maximum atomic E-state index is 12.5. The summed E-state index contributed by atoms with van der Waals surface area (Å²) >= 11 is 3.44. The number of benzene rings is 3. The van der Waals surface area contributed by atoms with E-state index >= 15 is 0 Å². The van der Waals surface area contributed by atoms with Crippen LogP contribution in [0.5, 0.6) is 11.5 Å². The van der Waals surface area contributed by atoms with Gasteiger partial charge < -0.3 is 9.47 Å². The molecule has 0 fully saturated rings. The molecule has 0 saturated heterocycles. The summed E-state index contributed by atoms with van der Waals surface area (Å²) < 4.78 is 11.6. The molecule has 5 nitrogen and oxygen atoms in total. The molecule has 0 radical (unpaired) electrons. The van der Waals surface area contributed by atoms with Gasteiger partial charge in [0.2, 0.25) is 6.79 Å². The van der Waals surface area contributed by atoms with E-state index in [1.807, 2.05) is 54.6 Å². The number of hydrogen-bond donors (Lipinski definition) is 1. The summed E-state index contributed by atoms with van der Waals surface area (Å²) in [4.78, 5) is 12.5. The predicted octanol–water partition coefficient (Wildman–Crippen LogP) is 4.36. The largest absolute Gasteiger partial charge is 0.454 e. The molecule has 6 heteroatoms. The Hall–Kier alpha value is -3.12. The Morgan fingerprint density at radius 1 is 0.852 bits per heavy atom. The van der Waals surface area contributed by atoms with Crippen LogP contribution in [0.1, 0.15) is 21.5 Å². The Morgan fingerprint density at radius 2 is 1.52 bits per heavy atom. The number of hydrogen-bond acceptors (Lipinski definition) is 4. The van der Waals surface area contributed by atoms with Crippen LogP contribution in [0.25, 0.3) is 0 Å². The third kappa shape index (κ3) is 3.85. The van der Waals surface area contributed by atoms with Gasteiger partial charge in [0.25, 0.3) is 5.91 Å². The number of carbonyl (C=O) groups is 1. The number of carbonyl (C=O) groups excluding carboxylic acids is 1. The number of nitrogens with zero attached hydrogens (tertiary/aromatic N) is 1. The summed E-state index contributed by atoms with van der Waals surface area (Å²) in [5.41, 5.74) is 5.58. The van der Waals surface area contributed by atoms with Gasteiger partial charge in [-0.1, -0.05) is 58.4 Å². The number of halogens is 1. The molecule has 0 aromatic heterocycles. The normalized spacial score (nSPS) is 12.7. The molecular weight excluding hydrogens is 408 g/mol. The molecule has 0 aliphatic carbocycles. The first kappa shape index (κ1) is 17.3. The average Bonchev–Trinajstić information content (AvgIpc) is 3.18. The van der Waals surface area contributed by atoms with E-state index in [-0.39, 0.29) is 12.7 Å². The minimum absolute atomic E-state index is 0.167. The molecule has 0 spiro atoms. The molecule has 3 aromatic rings. The fraction of sp³-hybridized carbons (Fsp3) is 0.0476. The van der Waals surface area contributed by atoms with E-state index in [4.69, 9.17) is 9.47 Å². The number of ether oxygens (including phenoxy) is 2. The van der Waals surface area contributed by atoms with Crippen molar-refractivity contribution in [1.29, 1.82) is 0 Å². The summed E-state index contributed by atoms with van der Waals surface area (Å²) in [6, 6.07) is 22.5. The third-order valence-corrected chi connectivity index (χ3v) is 4.60. The van der Waals surface area contributed by atoms with Crippen molar-refractivity contribution < 1.29 is 14.3 Å². The fourth-order valence-corrected chi connectivity index (χ4v) is 2.97. The van der Waals surface area contributed by atoms with Gasteiger partial charge in [0.1, 0.15) is 0 Å². The molecule has 27 heavy (non-hydrogen) atoms. The maximum Gasteiger partial charge on any atom is 0.271 e. The number of rotatable bonds is 4. The van der Waals surface area contributed by atoms with Crippen LogP contribution in [0, 0.1) is 0 Å². The second kappa shape index (κ2) is 7.63. The molecule has 0 bridgehead atoms. The molecule has 3 aromatic carbocycles. The quantitative estimate of drug-likeness (QED) is 0.501. The fourth-order valence-electron chi connectivity index (χ4n) is 2.71. The molecule has 1 aliphatic rings. The van der Waals surface area contributed by atoms with Crippen LogP contribution in [0.2, 0.25) is 0 Å². The highest BCUT2D eigenvalue weighted by Gasteiger charge is 2.16.